The highest BCUT2D eigenvalue weighted by atomic mass is 35.5. The lowest BCUT2D eigenvalue weighted by Crippen LogP contribution is -2.34. The van der Waals surface area contributed by atoms with Gasteiger partial charge in [-0.2, -0.15) is 0 Å². The molecule has 0 spiro atoms. The molecule has 0 saturated heterocycles. The summed E-state index contributed by atoms with van der Waals surface area (Å²) in [4.78, 5) is 0. The quantitative estimate of drug-likeness (QED) is 0.862. The van der Waals surface area contributed by atoms with Crippen molar-refractivity contribution in [3.63, 3.8) is 0 Å². The molecule has 2 aliphatic carbocycles. The molecule has 0 heterocycles. The van der Waals surface area contributed by atoms with Crippen LogP contribution in [0.25, 0.3) is 0 Å². The summed E-state index contributed by atoms with van der Waals surface area (Å²) in [6.45, 7) is 0. The molecule has 1 N–H and O–H groups in total. The molecule has 18 heavy (non-hydrogen) atoms. The van der Waals surface area contributed by atoms with E-state index < -0.39 is 10.0 Å². The summed E-state index contributed by atoms with van der Waals surface area (Å²) in [6, 6.07) is 7.59. The van der Waals surface area contributed by atoms with Gasteiger partial charge in [0.2, 0.25) is 10.0 Å². The highest BCUT2D eigenvalue weighted by Gasteiger charge is 2.35. The van der Waals surface area contributed by atoms with Crippen LogP contribution in [0.2, 0.25) is 0 Å². The maximum absolute atomic E-state index is 12.0. The Labute approximate surface area is 113 Å². The number of alkyl halides is 1. The van der Waals surface area contributed by atoms with E-state index in [1.165, 1.54) is 0 Å². The molecule has 0 aliphatic heterocycles. The van der Waals surface area contributed by atoms with Gasteiger partial charge in [0.25, 0.3) is 0 Å². The van der Waals surface area contributed by atoms with E-state index in [4.69, 9.17) is 11.6 Å². The van der Waals surface area contributed by atoms with Crippen molar-refractivity contribution < 1.29 is 8.42 Å². The first kappa shape index (κ1) is 12.5. The van der Waals surface area contributed by atoms with Crippen molar-refractivity contribution in [3.05, 3.63) is 35.4 Å². The van der Waals surface area contributed by atoms with E-state index in [0.29, 0.717) is 5.92 Å². The minimum atomic E-state index is -3.21. The minimum absolute atomic E-state index is 0.184. The van der Waals surface area contributed by atoms with Crippen LogP contribution in [0.3, 0.4) is 0 Å². The average molecular weight is 286 g/mol. The van der Waals surface area contributed by atoms with E-state index in [2.05, 4.69) is 4.72 Å². The zero-order valence-electron chi connectivity index (χ0n) is 9.97. The third kappa shape index (κ3) is 2.56. The van der Waals surface area contributed by atoms with Crippen LogP contribution in [-0.2, 0) is 16.4 Å². The molecule has 2 aliphatic rings. The highest BCUT2D eigenvalue weighted by molar-refractivity contribution is 7.89. The number of rotatable bonds is 4. The zero-order valence-corrected chi connectivity index (χ0v) is 11.5. The first-order valence-corrected chi connectivity index (χ1v) is 8.36. The number of nitrogens with one attached hydrogen (secondary N) is 1. The lowest BCUT2D eigenvalue weighted by Gasteiger charge is -2.17. The fourth-order valence-corrected chi connectivity index (χ4v) is 4.69. The number of benzene rings is 1. The Hall–Kier alpha value is -0.580. The molecular weight excluding hydrogens is 270 g/mol. The summed E-state index contributed by atoms with van der Waals surface area (Å²) >= 11 is 6.27. The number of sulfonamides is 1. The Morgan fingerprint density at radius 3 is 2.72 bits per heavy atom. The predicted molar refractivity (Wildman–Crippen MR) is 72.2 cm³/mol. The zero-order chi connectivity index (χ0) is 12.8. The van der Waals surface area contributed by atoms with Crippen molar-refractivity contribution >= 4 is 21.6 Å². The van der Waals surface area contributed by atoms with Gasteiger partial charge in [-0.1, -0.05) is 24.3 Å². The van der Waals surface area contributed by atoms with Gasteiger partial charge >= 0.3 is 0 Å². The molecule has 98 valence electrons. The van der Waals surface area contributed by atoms with E-state index in [1.54, 1.807) is 0 Å². The maximum atomic E-state index is 12.0. The fourth-order valence-electron chi connectivity index (χ4n) is 2.52. The summed E-state index contributed by atoms with van der Waals surface area (Å²) in [5.74, 6) is 0.600. The van der Waals surface area contributed by atoms with Gasteiger partial charge in [0.1, 0.15) is 0 Å². The molecule has 0 aromatic heterocycles. The lowest BCUT2D eigenvalue weighted by atomic mass is 10.1. The number of hydrogen-bond acceptors (Lipinski definition) is 2. The van der Waals surface area contributed by atoms with E-state index in [0.717, 1.165) is 30.4 Å². The van der Waals surface area contributed by atoms with Crippen LogP contribution in [0.4, 0.5) is 0 Å². The maximum Gasteiger partial charge on any atom is 0.212 e. The largest absolute Gasteiger partial charge is 0.212 e. The SMILES string of the molecule is O=S(=O)(CC1CC1)NC1c2ccccc2CC1Cl. The number of hydrogen-bond donors (Lipinski definition) is 1. The predicted octanol–water partition coefficient (Wildman–Crippen LogP) is 2.22. The molecular formula is C13H16ClNO2S. The molecule has 0 bridgehead atoms. The van der Waals surface area contributed by atoms with Crippen LogP contribution < -0.4 is 4.72 Å². The molecule has 5 heteroatoms. The van der Waals surface area contributed by atoms with E-state index >= 15 is 0 Å². The van der Waals surface area contributed by atoms with E-state index in [1.807, 2.05) is 24.3 Å². The summed E-state index contributed by atoms with van der Waals surface area (Å²) in [5.41, 5.74) is 2.17. The standard InChI is InChI=1S/C13H16ClNO2S/c14-12-7-10-3-1-2-4-11(10)13(12)15-18(16,17)8-9-5-6-9/h1-4,9,12-13,15H,5-8H2. The van der Waals surface area contributed by atoms with Gasteiger partial charge in [0.05, 0.1) is 17.2 Å². The number of fused-ring (bicyclic) bond motifs is 1. The van der Waals surface area contributed by atoms with Crippen molar-refractivity contribution in [2.45, 2.75) is 30.7 Å². The van der Waals surface area contributed by atoms with Gasteiger partial charge in [0.15, 0.2) is 0 Å². The van der Waals surface area contributed by atoms with Crippen molar-refractivity contribution in [2.24, 2.45) is 5.92 Å². The third-order valence-electron chi connectivity index (χ3n) is 3.63. The van der Waals surface area contributed by atoms with Crippen molar-refractivity contribution in [2.75, 3.05) is 5.75 Å². The molecule has 2 unspecified atom stereocenters. The molecule has 1 aromatic carbocycles. The van der Waals surface area contributed by atoms with Gasteiger partial charge in [0, 0.05) is 0 Å². The van der Waals surface area contributed by atoms with E-state index in [-0.39, 0.29) is 17.2 Å². The van der Waals surface area contributed by atoms with Gasteiger partial charge in [-0.15, -0.1) is 11.6 Å². The van der Waals surface area contributed by atoms with Gasteiger partial charge < -0.3 is 0 Å². The van der Waals surface area contributed by atoms with Crippen molar-refractivity contribution in [1.29, 1.82) is 0 Å². The Balaban J connectivity index is 1.80. The smallest absolute Gasteiger partial charge is 0.212 e. The monoisotopic (exact) mass is 285 g/mol. The second kappa shape index (κ2) is 4.51. The Morgan fingerprint density at radius 2 is 2.00 bits per heavy atom. The first-order chi connectivity index (χ1) is 8.55. The van der Waals surface area contributed by atoms with Crippen molar-refractivity contribution in [1.82, 2.24) is 4.72 Å². The van der Waals surface area contributed by atoms with Gasteiger partial charge in [-0.05, 0) is 36.3 Å². The lowest BCUT2D eigenvalue weighted by molar-refractivity contribution is 0.553. The van der Waals surface area contributed by atoms with Crippen LogP contribution in [0.15, 0.2) is 24.3 Å². The Kier molecular flexibility index (Phi) is 3.12. The fraction of sp³-hybridized carbons (Fsp3) is 0.538. The highest BCUT2D eigenvalue weighted by Crippen LogP contribution is 2.36. The van der Waals surface area contributed by atoms with Gasteiger partial charge in [-0.3, -0.25) is 0 Å². The van der Waals surface area contributed by atoms with Gasteiger partial charge in [-0.25, -0.2) is 13.1 Å². The van der Waals surface area contributed by atoms with Crippen LogP contribution in [-0.4, -0.2) is 19.5 Å². The van der Waals surface area contributed by atoms with Crippen LogP contribution in [0, 0.1) is 5.92 Å². The first-order valence-electron chi connectivity index (χ1n) is 6.27. The third-order valence-corrected chi connectivity index (χ3v) is 5.55. The Morgan fingerprint density at radius 1 is 1.28 bits per heavy atom. The molecule has 0 amide bonds. The summed E-state index contributed by atoms with van der Waals surface area (Å²) in [7, 11) is -3.21. The minimum Gasteiger partial charge on any atom is -0.212 e. The van der Waals surface area contributed by atoms with Crippen LogP contribution in [0.1, 0.15) is 30.0 Å². The second-order valence-electron chi connectivity index (χ2n) is 5.24. The van der Waals surface area contributed by atoms with Crippen LogP contribution >= 0.6 is 11.6 Å². The average Bonchev–Trinajstić information content (AvgIpc) is 3.04. The molecule has 0 radical (unpaired) electrons. The Bertz CT molecular complexity index is 554. The van der Waals surface area contributed by atoms with Crippen LogP contribution in [0.5, 0.6) is 0 Å². The molecule has 1 saturated carbocycles. The van der Waals surface area contributed by atoms with Crippen molar-refractivity contribution in [3.8, 4) is 0 Å². The summed E-state index contributed by atoms with van der Waals surface area (Å²) in [5, 5.41) is -0.184. The topological polar surface area (TPSA) is 46.2 Å². The molecule has 1 aromatic rings. The molecule has 3 nitrogen and oxygen atoms in total. The molecule has 2 atom stereocenters. The molecule has 3 rings (SSSR count). The second-order valence-corrected chi connectivity index (χ2v) is 7.60. The molecule has 1 fully saturated rings. The summed E-state index contributed by atoms with van der Waals surface area (Å²) in [6.07, 6.45) is 2.80. The number of halogens is 1. The summed E-state index contributed by atoms with van der Waals surface area (Å²) < 4.78 is 26.8. The normalized spacial score (nSPS) is 27.2. The van der Waals surface area contributed by atoms with E-state index in [9.17, 15) is 8.42 Å².